The van der Waals surface area contributed by atoms with Crippen molar-refractivity contribution in [2.75, 3.05) is 0 Å². The summed E-state index contributed by atoms with van der Waals surface area (Å²) in [5, 5.41) is 14.7. The fraction of sp³-hybridized carbons (Fsp3) is 0.148. The van der Waals surface area contributed by atoms with E-state index in [9.17, 15) is 14.4 Å². The van der Waals surface area contributed by atoms with Crippen LogP contribution in [0.15, 0.2) is 93.2 Å². The number of H-pyrrole nitrogens is 1. The first-order valence-electron chi connectivity index (χ1n) is 11.5. The molecule has 180 valence electrons. The van der Waals surface area contributed by atoms with Gasteiger partial charge in [-0.3, -0.25) is 14.4 Å². The standard InChI is InChI=1S/C27H22BrN5O3/c28-19-10-6-9-18(15-19)22(16-13-14-16)30-33-27(36)24(29-25(34)17-7-2-1-3-8-17)23-20-11-4-5-12-21(20)26(35)32-31-23/h1-12,15-16,24H,13-14H2,(H,29,34)(H,32,35)(H,33,36). The van der Waals surface area contributed by atoms with Crippen molar-refractivity contribution in [3.8, 4) is 0 Å². The summed E-state index contributed by atoms with van der Waals surface area (Å²) in [6.45, 7) is 0. The van der Waals surface area contributed by atoms with Gasteiger partial charge >= 0.3 is 0 Å². The van der Waals surface area contributed by atoms with E-state index in [-0.39, 0.29) is 17.2 Å². The molecule has 4 aromatic rings. The monoisotopic (exact) mass is 543 g/mol. The molecular weight excluding hydrogens is 522 g/mol. The van der Waals surface area contributed by atoms with Crippen LogP contribution >= 0.6 is 15.9 Å². The molecule has 3 aromatic carbocycles. The van der Waals surface area contributed by atoms with E-state index >= 15 is 0 Å². The summed E-state index contributed by atoms with van der Waals surface area (Å²) in [7, 11) is 0. The molecule has 1 saturated carbocycles. The van der Waals surface area contributed by atoms with Gasteiger partial charge in [-0.1, -0.05) is 64.5 Å². The van der Waals surface area contributed by atoms with Crippen LogP contribution in [0.5, 0.6) is 0 Å². The van der Waals surface area contributed by atoms with Gasteiger partial charge in [0.05, 0.1) is 11.1 Å². The van der Waals surface area contributed by atoms with Gasteiger partial charge in [0, 0.05) is 21.3 Å². The molecule has 3 N–H and O–H groups in total. The predicted octanol–water partition coefficient (Wildman–Crippen LogP) is 4.09. The average molecular weight is 544 g/mol. The highest BCUT2D eigenvalue weighted by Gasteiger charge is 2.31. The van der Waals surface area contributed by atoms with E-state index in [0.29, 0.717) is 16.3 Å². The number of hydrogen-bond acceptors (Lipinski definition) is 5. The van der Waals surface area contributed by atoms with Crippen LogP contribution in [0.2, 0.25) is 0 Å². The number of amides is 2. The van der Waals surface area contributed by atoms with Crippen molar-refractivity contribution < 1.29 is 9.59 Å². The zero-order valence-electron chi connectivity index (χ0n) is 19.1. The van der Waals surface area contributed by atoms with Crippen LogP contribution in [-0.4, -0.2) is 27.7 Å². The number of benzene rings is 3. The van der Waals surface area contributed by atoms with E-state index in [2.05, 4.69) is 42.0 Å². The molecule has 36 heavy (non-hydrogen) atoms. The van der Waals surface area contributed by atoms with Crippen molar-refractivity contribution in [2.24, 2.45) is 11.0 Å². The second kappa shape index (κ2) is 10.2. The summed E-state index contributed by atoms with van der Waals surface area (Å²) >= 11 is 3.48. The van der Waals surface area contributed by atoms with E-state index < -0.39 is 17.9 Å². The quantitative estimate of drug-likeness (QED) is 0.240. The first-order valence-corrected chi connectivity index (χ1v) is 12.3. The Kier molecular flexibility index (Phi) is 6.73. The average Bonchev–Trinajstić information content (AvgIpc) is 3.74. The first-order chi connectivity index (χ1) is 17.5. The van der Waals surface area contributed by atoms with Gasteiger partial charge in [0.2, 0.25) is 0 Å². The number of halogens is 1. The van der Waals surface area contributed by atoms with Gasteiger partial charge < -0.3 is 5.32 Å². The topological polar surface area (TPSA) is 116 Å². The molecule has 1 fully saturated rings. The molecular formula is C27H22BrN5O3. The van der Waals surface area contributed by atoms with Crippen molar-refractivity contribution in [3.63, 3.8) is 0 Å². The number of nitrogens with one attached hydrogen (secondary N) is 3. The van der Waals surface area contributed by atoms with Gasteiger partial charge in [0.1, 0.15) is 5.69 Å². The number of aromatic nitrogens is 2. The minimum Gasteiger partial charge on any atom is -0.335 e. The summed E-state index contributed by atoms with van der Waals surface area (Å²) < 4.78 is 0.914. The van der Waals surface area contributed by atoms with Crippen LogP contribution in [0.4, 0.5) is 0 Å². The first kappa shape index (κ1) is 23.6. The van der Waals surface area contributed by atoms with Gasteiger partial charge in [0.25, 0.3) is 17.4 Å². The highest BCUT2D eigenvalue weighted by molar-refractivity contribution is 9.10. The lowest BCUT2D eigenvalue weighted by Crippen LogP contribution is -2.40. The molecule has 8 nitrogen and oxygen atoms in total. The molecule has 0 radical (unpaired) electrons. The Hall–Kier alpha value is -4.11. The third kappa shape index (κ3) is 5.11. The Morgan fingerprint density at radius 2 is 1.64 bits per heavy atom. The highest BCUT2D eigenvalue weighted by Crippen LogP contribution is 2.34. The van der Waals surface area contributed by atoms with Crippen LogP contribution in [0.1, 0.15) is 40.5 Å². The number of nitrogens with zero attached hydrogens (tertiary/aromatic N) is 2. The van der Waals surface area contributed by atoms with Gasteiger partial charge in [0.15, 0.2) is 6.04 Å². The fourth-order valence-corrected chi connectivity index (χ4v) is 4.39. The van der Waals surface area contributed by atoms with E-state index in [1.807, 2.05) is 24.3 Å². The number of hydrazone groups is 1. The second-order valence-corrected chi connectivity index (χ2v) is 9.43. The third-order valence-electron chi connectivity index (χ3n) is 5.94. The summed E-state index contributed by atoms with van der Waals surface area (Å²) in [4.78, 5) is 38.8. The SMILES string of the molecule is O=C(NC(C(=O)NN=C(c1cccc(Br)c1)C1CC1)c1n[nH]c(=O)c2ccccc12)c1ccccc1. The van der Waals surface area contributed by atoms with E-state index in [0.717, 1.165) is 28.6 Å². The molecule has 0 spiro atoms. The van der Waals surface area contributed by atoms with Crippen LogP contribution in [0.25, 0.3) is 10.8 Å². The van der Waals surface area contributed by atoms with Crippen LogP contribution in [0.3, 0.4) is 0 Å². The van der Waals surface area contributed by atoms with Crippen LogP contribution < -0.4 is 16.3 Å². The number of rotatable bonds is 7. The van der Waals surface area contributed by atoms with E-state index in [1.54, 1.807) is 54.6 Å². The number of fused-ring (bicyclic) bond motifs is 1. The van der Waals surface area contributed by atoms with Gasteiger partial charge in [-0.2, -0.15) is 10.2 Å². The number of aromatic amines is 1. The molecule has 0 saturated heterocycles. The maximum Gasteiger partial charge on any atom is 0.272 e. The Morgan fingerprint density at radius 1 is 0.944 bits per heavy atom. The van der Waals surface area contributed by atoms with Crippen molar-refractivity contribution in [3.05, 3.63) is 111 Å². The summed E-state index contributed by atoms with van der Waals surface area (Å²) in [6, 6.07) is 21.9. The lowest BCUT2D eigenvalue weighted by molar-refractivity contribution is -0.123. The minimum absolute atomic E-state index is 0.220. The molecule has 0 bridgehead atoms. The molecule has 1 atom stereocenters. The smallest absolute Gasteiger partial charge is 0.272 e. The highest BCUT2D eigenvalue weighted by atomic mass is 79.9. The Bertz CT molecular complexity index is 1530. The maximum absolute atomic E-state index is 13.5. The Balaban J connectivity index is 1.51. The van der Waals surface area contributed by atoms with Crippen molar-refractivity contribution in [1.82, 2.24) is 20.9 Å². The lowest BCUT2D eigenvalue weighted by atomic mass is 10.0. The van der Waals surface area contributed by atoms with Crippen molar-refractivity contribution in [2.45, 2.75) is 18.9 Å². The van der Waals surface area contributed by atoms with E-state index in [4.69, 9.17) is 0 Å². The molecule has 1 aliphatic carbocycles. The normalized spacial score (nSPS) is 14.3. The maximum atomic E-state index is 13.5. The van der Waals surface area contributed by atoms with Gasteiger partial charge in [-0.15, -0.1) is 0 Å². The van der Waals surface area contributed by atoms with Crippen molar-refractivity contribution in [1.29, 1.82) is 0 Å². The molecule has 1 unspecified atom stereocenters. The Morgan fingerprint density at radius 3 is 2.36 bits per heavy atom. The molecule has 2 amide bonds. The third-order valence-corrected chi connectivity index (χ3v) is 6.44. The largest absolute Gasteiger partial charge is 0.335 e. The lowest BCUT2D eigenvalue weighted by Gasteiger charge is -2.18. The zero-order valence-corrected chi connectivity index (χ0v) is 20.7. The molecule has 0 aliphatic heterocycles. The van der Waals surface area contributed by atoms with Crippen LogP contribution in [-0.2, 0) is 4.79 Å². The molecule has 1 heterocycles. The van der Waals surface area contributed by atoms with Crippen LogP contribution in [0, 0.1) is 5.92 Å². The molecule has 1 aromatic heterocycles. The molecule has 1 aliphatic rings. The Labute approximate surface area is 215 Å². The van der Waals surface area contributed by atoms with Gasteiger partial charge in [-0.05, 0) is 48.7 Å². The predicted molar refractivity (Wildman–Crippen MR) is 141 cm³/mol. The number of carbonyl (C=O) groups excluding carboxylic acids is 2. The van der Waals surface area contributed by atoms with Crippen molar-refractivity contribution >= 4 is 44.2 Å². The second-order valence-electron chi connectivity index (χ2n) is 8.51. The number of carbonyl (C=O) groups is 2. The number of hydrogen-bond donors (Lipinski definition) is 3. The molecule has 9 heteroatoms. The van der Waals surface area contributed by atoms with E-state index in [1.165, 1.54) is 0 Å². The summed E-state index contributed by atoms with van der Waals surface area (Å²) in [5.41, 5.74) is 4.55. The molecule has 5 rings (SSSR count). The van der Waals surface area contributed by atoms with Gasteiger partial charge in [-0.25, -0.2) is 10.5 Å². The summed E-state index contributed by atoms with van der Waals surface area (Å²) in [5.74, 6) is -0.771. The zero-order chi connectivity index (χ0) is 25.1. The fourth-order valence-electron chi connectivity index (χ4n) is 3.99. The minimum atomic E-state index is -1.20. The summed E-state index contributed by atoms with van der Waals surface area (Å²) in [6.07, 6.45) is 1.98.